The Kier molecular flexibility index (Phi) is 38.8. The van der Waals surface area contributed by atoms with Gasteiger partial charge in [0.2, 0.25) is 0 Å². The summed E-state index contributed by atoms with van der Waals surface area (Å²) in [6.07, 6.45) is 45.0. The predicted octanol–water partition coefficient (Wildman–Crippen LogP) is 12.9. The SMILES string of the molecule is CCCCCCCCCCCCCCCCCCOCC(N)COCCCCCCCCCCCCCCCCCC. The summed E-state index contributed by atoms with van der Waals surface area (Å²) in [6, 6.07) is 0.0205. The van der Waals surface area contributed by atoms with Crippen molar-refractivity contribution in [1.82, 2.24) is 0 Å². The second kappa shape index (κ2) is 38.9. The van der Waals surface area contributed by atoms with Gasteiger partial charge in [-0.1, -0.05) is 206 Å². The molecule has 0 amide bonds. The van der Waals surface area contributed by atoms with Crippen molar-refractivity contribution in [3.8, 4) is 0 Å². The minimum Gasteiger partial charge on any atom is -0.380 e. The van der Waals surface area contributed by atoms with E-state index in [4.69, 9.17) is 15.2 Å². The maximum Gasteiger partial charge on any atom is 0.0640 e. The Morgan fingerprint density at radius 3 is 0.714 bits per heavy atom. The molecular formula is C39H81NO2. The molecular weight excluding hydrogens is 514 g/mol. The molecule has 3 heteroatoms. The Bertz CT molecular complexity index is 418. The van der Waals surface area contributed by atoms with E-state index in [-0.39, 0.29) is 6.04 Å². The largest absolute Gasteiger partial charge is 0.380 e. The number of nitrogens with two attached hydrogens (primary N) is 1. The number of unbranched alkanes of at least 4 members (excludes halogenated alkanes) is 30. The molecule has 0 radical (unpaired) electrons. The fourth-order valence-electron chi connectivity index (χ4n) is 6.02. The van der Waals surface area contributed by atoms with Gasteiger partial charge in [0.15, 0.2) is 0 Å². The monoisotopic (exact) mass is 596 g/mol. The zero-order valence-electron chi connectivity index (χ0n) is 29.4. The summed E-state index contributed by atoms with van der Waals surface area (Å²) in [5.74, 6) is 0. The van der Waals surface area contributed by atoms with E-state index in [0.29, 0.717) is 13.2 Å². The maximum absolute atomic E-state index is 6.17. The van der Waals surface area contributed by atoms with E-state index >= 15 is 0 Å². The highest BCUT2D eigenvalue weighted by Crippen LogP contribution is 2.15. The van der Waals surface area contributed by atoms with Gasteiger partial charge in [-0.15, -0.1) is 0 Å². The van der Waals surface area contributed by atoms with Gasteiger partial charge in [-0.05, 0) is 12.8 Å². The molecule has 0 saturated carbocycles. The normalized spacial score (nSPS) is 11.7. The molecule has 2 N–H and O–H groups in total. The molecule has 0 rings (SSSR count). The van der Waals surface area contributed by atoms with E-state index in [1.165, 1.54) is 205 Å². The molecule has 0 atom stereocenters. The summed E-state index contributed by atoms with van der Waals surface area (Å²) in [5, 5.41) is 0. The van der Waals surface area contributed by atoms with Crippen LogP contribution in [0.5, 0.6) is 0 Å². The molecule has 0 aliphatic rings. The fourth-order valence-corrected chi connectivity index (χ4v) is 6.02. The molecule has 0 aromatic carbocycles. The van der Waals surface area contributed by atoms with E-state index in [0.717, 1.165) is 13.2 Å². The predicted molar refractivity (Wildman–Crippen MR) is 189 cm³/mol. The van der Waals surface area contributed by atoms with Crippen molar-refractivity contribution in [3.63, 3.8) is 0 Å². The zero-order valence-corrected chi connectivity index (χ0v) is 29.4. The van der Waals surface area contributed by atoms with Crippen LogP contribution in [0.25, 0.3) is 0 Å². The van der Waals surface area contributed by atoms with Crippen LogP contribution < -0.4 is 5.73 Å². The Morgan fingerprint density at radius 2 is 0.500 bits per heavy atom. The third kappa shape index (κ3) is 37.9. The van der Waals surface area contributed by atoms with Gasteiger partial charge < -0.3 is 15.2 Å². The first kappa shape index (κ1) is 41.9. The second-order valence-corrected chi connectivity index (χ2v) is 13.5. The first-order valence-corrected chi connectivity index (χ1v) is 19.7. The zero-order chi connectivity index (χ0) is 30.4. The molecule has 0 heterocycles. The summed E-state index contributed by atoms with van der Waals surface area (Å²) >= 11 is 0. The molecule has 0 fully saturated rings. The van der Waals surface area contributed by atoms with Gasteiger partial charge in [0.25, 0.3) is 0 Å². The van der Waals surface area contributed by atoms with E-state index < -0.39 is 0 Å². The quantitative estimate of drug-likeness (QED) is 0.0722. The van der Waals surface area contributed by atoms with Crippen molar-refractivity contribution in [1.29, 1.82) is 0 Å². The van der Waals surface area contributed by atoms with Gasteiger partial charge in [0.05, 0.1) is 19.3 Å². The Hall–Kier alpha value is -0.120. The van der Waals surface area contributed by atoms with Crippen LogP contribution in [-0.2, 0) is 9.47 Å². The molecule has 0 aromatic rings. The number of ether oxygens (including phenoxy) is 2. The Balaban J connectivity index is 3.13. The smallest absolute Gasteiger partial charge is 0.0640 e. The van der Waals surface area contributed by atoms with Crippen molar-refractivity contribution >= 4 is 0 Å². The highest BCUT2D eigenvalue weighted by atomic mass is 16.5. The minimum absolute atomic E-state index is 0.0205. The van der Waals surface area contributed by atoms with Crippen LogP contribution in [0.3, 0.4) is 0 Å². The summed E-state index contributed by atoms with van der Waals surface area (Å²) in [4.78, 5) is 0. The van der Waals surface area contributed by atoms with Crippen molar-refractivity contribution in [3.05, 3.63) is 0 Å². The molecule has 0 aromatic heterocycles. The van der Waals surface area contributed by atoms with Crippen LogP contribution in [0, 0.1) is 0 Å². The van der Waals surface area contributed by atoms with Crippen LogP contribution >= 0.6 is 0 Å². The van der Waals surface area contributed by atoms with E-state index in [9.17, 15) is 0 Å². The van der Waals surface area contributed by atoms with E-state index in [1.807, 2.05) is 0 Å². The molecule has 0 aliphatic carbocycles. The first-order chi connectivity index (χ1) is 20.8. The molecule has 42 heavy (non-hydrogen) atoms. The summed E-state index contributed by atoms with van der Waals surface area (Å²) < 4.78 is 11.6. The average molecular weight is 596 g/mol. The maximum atomic E-state index is 6.17. The summed E-state index contributed by atoms with van der Waals surface area (Å²) in [7, 11) is 0. The molecule has 0 aliphatic heterocycles. The standard InChI is InChI=1S/C39H81NO2/c1-3-5-7-9-11-13-15-17-19-21-23-25-27-29-31-33-35-41-37-39(40)38-42-36-34-32-30-28-26-24-22-20-18-16-14-12-10-8-6-4-2/h39H,3-38,40H2,1-2H3. The lowest BCUT2D eigenvalue weighted by atomic mass is 10.0. The van der Waals surface area contributed by atoms with Crippen molar-refractivity contribution in [2.75, 3.05) is 26.4 Å². The van der Waals surface area contributed by atoms with Crippen LogP contribution in [-0.4, -0.2) is 32.5 Å². The van der Waals surface area contributed by atoms with Crippen molar-refractivity contribution in [2.45, 2.75) is 225 Å². The van der Waals surface area contributed by atoms with Gasteiger partial charge in [0, 0.05) is 13.2 Å². The van der Waals surface area contributed by atoms with Gasteiger partial charge in [-0.25, -0.2) is 0 Å². The Morgan fingerprint density at radius 1 is 0.310 bits per heavy atom. The topological polar surface area (TPSA) is 44.5 Å². The number of rotatable bonds is 38. The lowest BCUT2D eigenvalue weighted by Gasteiger charge is -2.13. The summed E-state index contributed by atoms with van der Waals surface area (Å²) in [5.41, 5.74) is 6.17. The molecule has 0 saturated heterocycles. The third-order valence-corrected chi connectivity index (χ3v) is 8.95. The van der Waals surface area contributed by atoms with Crippen LogP contribution in [0.2, 0.25) is 0 Å². The number of hydrogen-bond donors (Lipinski definition) is 1. The molecule has 0 spiro atoms. The Labute approximate surface area is 266 Å². The molecule has 0 unspecified atom stereocenters. The van der Waals surface area contributed by atoms with E-state index in [2.05, 4.69) is 13.8 Å². The van der Waals surface area contributed by atoms with Crippen molar-refractivity contribution in [2.24, 2.45) is 5.73 Å². The number of hydrogen-bond acceptors (Lipinski definition) is 3. The first-order valence-electron chi connectivity index (χ1n) is 19.7. The highest BCUT2D eigenvalue weighted by molar-refractivity contribution is 4.58. The van der Waals surface area contributed by atoms with Crippen LogP contribution in [0.4, 0.5) is 0 Å². The van der Waals surface area contributed by atoms with Gasteiger partial charge in [-0.3, -0.25) is 0 Å². The van der Waals surface area contributed by atoms with Crippen LogP contribution in [0.1, 0.15) is 219 Å². The molecule has 3 nitrogen and oxygen atoms in total. The van der Waals surface area contributed by atoms with Gasteiger partial charge >= 0.3 is 0 Å². The summed E-state index contributed by atoms with van der Waals surface area (Å²) in [6.45, 7) is 7.57. The van der Waals surface area contributed by atoms with Crippen LogP contribution in [0.15, 0.2) is 0 Å². The second-order valence-electron chi connectivity index (χ2n) is 13.5. The van der Waals surface area contributed by atoms with Gasteiger partial charge in [-0.2, -0.15) is 0 Å². The lowest BCUT2D eigenvalue weighted by molar-refractivity contribution is 0.0644. The van der Waals surface area contributed by atoms with Crippen molar-refractivity contribution < 1.29 is 9.47 Å². The lowest BCUT2D eigenvalue weighted by Crippen LogP contribution is -2.31. The minimum atomic E-state index is 0.0205. The van der Waals surface area contributed by atoms with E-state index in [1.54, 1.807) is 0 Å². The fraction of sp³-hybridized carbons (Fsp3) is 1.00. The molecule has 0 bridgehead atoms. The third-order valence-electron chi connectivity index (χ3n) is 8.95. The van der Waals surface area contributed by atoms with Gasteiger partial charge in [0.1, 0.15) is 0 Å². The molecule has 254 valence electrons. The highest BCUT2D eigenvalue weighted by Gasteiger charge is 2.03. The average Bonchev–Trinajstić information content (AvgIpc) is 3.00.